The quantitative estimate of drug-likeness (QED) is 0.267. The summed E-state index contributed by atoms with van der Waals surface area (Å²) >= 11 is 0. The molecule has 0 aliphatic rings. The van der Waals surface area contributed by atoms with Crippen LogP contribution in [0.4, 0.5) is 4.39 Å². The molecular weight excluding hydrogens is 347 g/mol. The van der Waals surface area contributed by atoms with Gasteiger partial charge < -0.3 is 0 Å². The first kappa shape index (κ1) is 19.4. The van der Waals surface area contributed by atoms with Gasteiger partial charge in [0.25, 0.3) is 0 Å². The molecular formula is C25H23FN2. The molecule has 1 atom stereocenters. The summed E-state index contributed by atoms with van der Waals surface area (Å²) in [5.74, 6) is 0.0468. The second kappa shape index (κ2) is 9.05. The Morgan fingerprint density at radius 2 is 1.46 bits per heavy atom. The molecule has 3 aromatic carbocycles. The number of hydrogen-bond acceptors (Lipinski definition) is 2. The first-order valence-corrected chi connectivity index (χ1v) is 9.22. The van der Waals surface area contributed by atoms with Gasteiger partial charge in [0.05, 0.1) is 12.4 Å². The van der Waals surface area contributed by atoms with Crippen LogP contribution in [0.5, 0.6) is 0 Å². The van der Waals surface area contributed by atoms with Crippen molar-refractivity contribution < 1.29 is 4.39 Å². The van der Waals surface area contributed by atoms with Gasteiger partial charge in [0, 0.05) is 5.56 Å². The van der Waals surface area contributed by atoms with Crippen molar-refractivity contribution in [2.75, 3.05) is 0 Å². The van der Waals surface area contributed by atoms with Crippen LogP contribution in [-0.2, 0) is 0 Å². The number of nitrogens with zero attached hydrogens (tertiary/aromatic N) is 2. The molecule has 0 saturated heterocycles. The lowest BCUT2D eigenvalue weighted by atomic mass is 10.0. The van der Waals surface area contributed by atoms with Gasteiger partial charge in [-0.1, -0.05) is 79.2 Å². The first-order chi connectivity index (χ1) is 13.6. The van der Waals surface area contributed by atoms with Crippen molar-refractivity contribution in [1.82, 2.24) is 0 Å². The SMILES string of the molecule is C=CC(C)c1ccc(C=NN=Cc2ccc(-c3ccc(C)cc3)c(F)c2)cc1. The van der Waals surface area contributed by atoms with E-state index in [0.29, 0.717) is 17.0 Å². The van der Waals surface area contributed by atoms with Crippen molar-refractivity contribution in [1.29, 1.82) is 0 Å². The summed E-state index contributed by atoms with van der Waals surface area (Å²) in [5, 5.41) is 8.08. The number of allylic oxidation sites excluding steroid dienone is 1. The van der Waals surface area contributed by atoms with E-state index in [1.807, 2.05) is 55.5 Å². The average molecular weight is 370 g/mol. The lowest BCUT2D eigenvalue weighted by Gasteiger charge is -2.05. The molecule has 3 aromatic rings. The van der Waals surface area contributed by atoms with E-state index in [4.69, 9.17) is 0 Å². The van der Waals surface area contributed by atoms with Crippen LogP contribution in [0.3, 0.4) is 0 Å². The van der Waals surface area contributed by atoms with Crippen molar-refractivity contribution in [2.45, 2.75) is 19.8 Å². The zero-order valence-corrected chi connectivity index (χ0v) is 16.1. The van der Waals surface area contributed by atoms with E-state index in [1.54, 1.807) is 18.5 Å². The normalized spacial score (nSPS) is 12.5. The summed E-state index contributed by atoms with van der Waals surface area (Å²) in [6.45, 7) is 7.92. The standard InChI is InChI=1S/C25H23FN2/c1-4-19(3)22-12-7-20(8-13-22)16-27-28-17-21-9-14-24(25(26)15-21)23-10-5-18(2)6-11-23/h4-17,19H,1H2,2-3H3. The Hall–Kier alpha value is -3.33. The molecule has 0 saturated carbocycles. The lowest BCUT2D eigenvalue weighted by Crippen LogP contribution is -1.90. The van der Waals surface area contributed by atoms with Crippen LogP contribution in [0.15, 0.2) is 89.6 Å². The molecule has 0 fully saturated rings. The molecule has 1 unspecified atom stereocenters. The molecule has 28 heavy (non-hydrogen) atoms. The van der Waals surface area contributed by atoms with Gasteiger partial charge in [0.1, 0.15) is 5.82 Å². The molecule has 0 spiro atoms. The summed E-state index contributed by atoms with van der Waals surface area (Å²) in [6.07, 6.45) is 5.14. The molecule has 2 nitrogen and oxygen atoms in total. The summed E-state index contributed by atoms with van der Waals surface area (Å²) in [7, 11) is 0. The average Bonchev–Trinajstić information content (AvgIpc) is 2.72. The Balaban J connectivity index is 1.67. The van der Waals surface area contributed by atoms with Gasteiger partial charge in [-0.2, -0.15) is 10.2 Å². The minimum atomic E-state index is -0.274. The van der Waals surface area contributed by atoms with Gasteiger partial charge in [0.15, 0.2) is 0 Å². The number of aryl methyl sites for hydroxylation is 1. The molecule has 140 valence electrons. The van der Waals surface area contributed by atoms with Gasteiger partial charge in [-0.3, -0.25) is 0 Å². The number of hydrogen-bond donors (Lipinski definition) is 0. The highest BCUT2D eigenvalue weighted by Gasteiger charge is 2.05. The van der Waals surface area contributed by atoms with Crippen LogP contribution in [0.25, 0.3) is 11.1 Å². The molecule has 0 aliphatic carbocycles. The van der Waals surface area contributed by atoms with Crippen LogP contribution >= 0.6 is 0 Å². The lowest BCUT2D eigenvalue weighted by molar-refractivity contribution is 0.631. The minimum Gasteiger partial charge on any atom is -0.206 e. The summed E-state index contributed by atoms with van der Waals surface area (Å²) in [4.78, 5) is 0. The van der Waals surface area contributed by atoms with Gasteiger partial charge in [-0.15, -0.1) is 6.58 Å². The highest BCUT2D eigenvalue weighted by atomic mass is 19.1. The van der Waals surface area contributed by atoms with E-state index in [-0.39, 0.29) is 5.82 Å². The Morgan fingerprint density at radius 1 is 0.857 bits per heavy atom. The number of rotatable bonds is 6. The largest absolute Gasteiger partial charge is 0.206 e. The predicted molar refractivity (Wildman–Crippen MR) is 117 cm³/mol. The maximum atomic E-state index is 14.4. The monoisotopic (exact) mass is 370 g/mol. The third-order valence-electron chi connectivity index (χ3n) is 4.65. The van der Waals surface area contributed by atoms with Gasteiger partial charge in [-0.25, -0.2) is 4.39 Å². The Kier molecular flexibility index (Phi) is 6.28. The van der Waals surface area contributed by atoms with Crippen LogP contribution in [0.2, 0.25) is 0 Å². The fourth-order valence-electron chi connectivity index (χ4n) is 2.80. The second-order valence-corrected chi connectivity index (χ2v) is 6.79. The summed E-state index contributed by atoms with van der Waals surface area (Å²) in [5.41, 5.74) is 5.42. The summed E-state index contributed by atoms with van der Waals surface area (Å²) in [6, 6.07) is 21.0. The van der Waals surface area contributed by atoms with E-state index in [1.165, 1.54) is 11.6 Å². The van der Waals surface area contributed by atoms with Crippen molar-refractivity contribution >= 4 is 12.4 Å². The number of benzene rings is 3. The van der Waals surface area contributed by atoms with E-state index >= 15 is 0 Å². The molecule has 0 heterocycles. The van der Waals surface area contributed by atoms with Crippen molar-refractivity contribution in [2.24, 2.45) is 10.2 Å². The Labute approximate surface area is 165 Å². The van der Waals surface area contributed by atoms with Crippen molar-refractivity contribution in [3.05, 3.63) is 107 Å². The zero-order chi connectivity index (χ0) is 19.9. The topological polar surface area (TPSA) is 24.7 Å². The fraction of sp³-hybridized carbons (Fsp3) is 0.120. The molecule has 0 aliphatic heterocycles. The van der Waals surface area contributed by atoms with Gasteiger partial charge in [0.2, 0.25) is 0 Å². The number of halogens is 1. The van der Waals surface area contributed by atoms with E-state index in [9.17, 15) is 4.39 Å². The maximum Gasteiger partial charge on any atom is 0.131 e. The van der Waals surface area contributed by atoms with Gasteiger partial charge in [-0.05, 0) is 41.2 Å². The van der Waals surface area contributed by atoms with E-state index < -0.39 is 0 Å². The van der Waals surface area contributed by atoms with Crippen LogP contribution in [0, 0.1) is 12.7 Å². The smallest absolute Gasteiger partial charge is 0.131 e. The van der Waals surface area contributed by atoms with Crippen molar-refractivity contribution in [3.8, 4) is 11.1 Å². The molecule has 0 aromatic heterocycles. The molecule has 3 heteroatoms. The third kappa shape index (κ3) is 4.89. The molecule has 0 N–H and O–H groups in total. The van der Waals surface area contributed by atoms with Gasteiger partial charge >= 0.3 is 0 Å². The second-order valence-electron chi connectivity index (χ2n) is 6.79. The maximum absolute atomic E-state index is 14.4. The highest BCUT2D eigenvalue weighted by molar-refractivity contribution is 5.83. The zero-order valence-electron chi connectivity index (χ0n) is 16.1. The van der Waals surface area contributed by atoms with Crippen molar-refractivity contribution in [3.63, 3.8) is 0 Å². The fourth-order valence-corrected chi connectivity index (χ4v) is 2.80. The third-order valence-corrected chi connectivity index (χ3v) is 4.65. The van der Waals surface area contributed by atoms with E-state index in [2.05, 4.69) is 35.8 Å². The van der Waals surface area contributed by atoms with Crippen LogP contribution in [0.1, 0.15) is 35.1 Å². The predicted octanol–water partition coefficient (Wildman–Crippen LogP) is 6.54. The highest BCUT2D eigenvalue weighted by Crippen LogP contribution is 2.23. The molecule has 0 bridgehead atoms. The first-order valence-electron chi connectivity index (χ1n) is 9.22. The minimum absolute atomic E-state index is 0.274. The van der Waals surface area contributed by atoms with Crippen LogP contribution < -0.4 is 0 Å². The summed E-state index contributed by atoms with van der Waals surface area (Å²) < 4.78 is 14.4. The van der Waals surface area contributed by atoms with Crippen LogP contribution in [-0.4, -0.2) is 12.4 Å². The van der Waals surface area contributed by atoms with E-state index in [0.717, 1.165) is 16.7 Å². The Morgan fingerprint density at radius 3 is 2.07 bits per heavy atom. The molecule has 0 radical (unpaired) electrons. The Bertz CT molecular complexity index is 1000. The molecule has 0 amide bonds. The molecule has 3 rings (SSSR count).